The van der Waals surface area contributed by atoms with Crippen LogP contribution in [0.15, 0.2) is 48.5 Å². The number of ether oxygens (including phenoxy) is 2. The third-order valence-corrected chi connectivity index (χ3v) is 5.21. The number of morpholine rings is 1. The first-order valence-corrected chi connectivity index (χ1v) is 10.1. The lowest BCUT2D eigenvalue weighted by Crippen LogP contribution is -2.37. The van der Waals surface area contributed by atoms with Crippen molar-refractivity contribution >= 4 is 23.0 Å². The molecule has 4 aromatic rings. The molecule has 0 unspecified atom stereocenters. The molecule has 162 valence electrons. The van der Waals surface area contributed by atoms with Crippen LogP contribution < -0.4 is 4.90 Å². The Morgan fingerprint density at radius 2 is 1.91 bits per heavy atom. The molecule has 32 heavy (non-hydrogen) atoms. The van der Waals surface area contributed by atoms with E-state index < -0.39 is 5.97 Å². The van der Waals surface area contributed by atoms with E-state index in [1.807, 2.05) is 12.1 Å². The molecule has 10 nitrogen and oxygen atoms in total. The van der Waals surface area contributed by atoms with E-state index in [4.69, 9.17) is 19.4 Å². The molecule has 0 spiro atoms. The number of phenols is 1. The fourth-order valence-electron chi connectivity index (χ4n) is 3.63. The third kappa shape index (κ3) is 3.60. The molecule has 0 radical (unpaired) electrons. The number of anilines is 1. The standard InChI is InChI=1S/C22H20N6O4/c1-31-22(30)15-5-2-6-16(12-15)28-21-18(25-26-28)20(27-8-10-32-11-9-27)23-19(24-21)14-4-3-7-17(29)13-14/h2-7,12-13,29H,8-11H2,1H3. The Morgan fingerprint density at radius 1 is 1.09 bits per heavy atom. The Kier molecular flexibility index (Phi) is 5.12. The van der Waals surface area contributed by atoms with Crippen LogP contribution in [0.4, 0.5) is 5.82 Å². The molecular formula is C22H20N6O4. The van der Waals surface area contributed by atoms with E-state index in [0.29, 0.717) is 65.9 Å². The summed E-state index contributed by atoms with van der Waals surface area (Å²) in [5.41, 5.74) is 2.70. The van der Waals surface area contributed by atoms with E-state index >= 15 is 0 Å². The third-order valence-electron chi connectivity index (χ3n) is 5.21. The number of carbonyl (C=O) groups excluding carboxylic acids is 1. The maximum atomic E-state index is 12.0. The number of methoxy groups -OCH3 is 1. The fraction of sp³-hybridized carbons (Fsp3) is 0.227. The van der Waals surface area contributed by atoms with Crippen molar-refractivity contribution in [2.75, 3.05) is 38.3 Å². The van der Waals surface area contributed by atoms with Crippen LogP contribution in [0.3, 0.4) is 0 Å². The Balaban J connectivity index is 1.71. The van der Waals surface area contributed by atoms with Crippen LogP contribution in [-0.4, -0.2) is 69.5 Å². The molecule has 2 aromatic carbocycles. The molecule has 5 rings (SSSR count). The van der Waals surface area contributed by atoms with Crippen LogP contribution >= 0.6 is 0 Å². The van der Waals surface area contributed by atoms with Gasteiger partial charge in [0, 0.05) is 18.7 Å². The van der Waals surface area contributed by atoms with Gasteiger partial charge in [0.05, 0.1) is 31.6 Å². The molecule has 1 N–H and O–H groups in total. The van der Waals surface area contributed by atoms with Gasteiger partial charge in [-0.15, -0.1) is 5.10 Å². The molecule has 0 aliphatic carbocycles. The van der Waals surface area contributed by atoms with E-state index in [9.17, 15) is 9.90 Å². The molecule has 3 heterocycles. The van der Waals surface area contributed by atoms with E-state index in [2.05, 4.69) is 15.2 Å². The summed E-state index contributed by atoms with van der Waals surface area (Å²) in [5.74, 6) is 0.756. The van der Waals surface area contributed by atoms with Crippen LogP contribution in [-0.2, 0) is 9.47 Å². The molecule has 1 fully saturated rings. The van der Waals surface area contributed by atoms with Gasteiger partial charge in [-0.25, -0.2) is 14.8 Å². The van der Waals surface area contributed by atoms with Crippen molar-refractivity contribution < 1.29 is 19.4 Å². The number of nitrogens with zero attached hydrogens (tertiary/aromatic N) is 6. The van der Waals surface area contributed by atoms with Gasteiger partial charge in [-0.1, -0.05) is 23.4 Å². The lowest BCUT2D eigenvalue weighted by molar-refractivity contribution is 0.0600. The SMILES string of the molecule is COC(=O)c1cccc(-n2nnc3c(N4CCOCC4)nc(-c4cccc(O)c4)nc32)c1. The minimum atomic E-state index is -0.444. The van der Waals surface area contributed by atoms with Gasteiger partial charge in [-0.3, -0.25) is 0 Å². The summed E-state index contributed by atoms with van der Waals surface area (Å²) in [4.78, 5) is 23.6. The minimum Gasteiger partial charge on any atom is -0.508 e. The summed E-state index contributed by atoms with van der Waals surface area (Å²) < 4.78 is 11.9. The monoisotopic (exact) mass is 432 g/mol. The zero-order valence-corrected chi connectivity index (χ0v) is 17.3. The first-order chi connectivity index (χ1) is 15.6. The number of phenolic OH excluding ortho intramolecular Hbond substituents is 1. The van der Waals surface area contributed by atoms with E-state index in [-0.39, 0.29) is 5.75 Å². The topological polar surface area (TPSA) is 115 Å². The maximum absolute atomic E-state index is 12.0. The van der Waals surface area contributed by atoms with Gasteiger partial charge in [-0.05, 0) is 30.3 Å². The summed E-state index contributed by atoms with van der Waals surface area (Å²) in [6.45, 7) is 2.50. The Morgan fingerprint density at radius 3 is 2.69 bits per heavy atom. The van der Waals surface area contributed by atoms with Crippen molar-refractivity contribution in [3.05, 3.63) is 54.1 Å². The number of fused-ring (bicyclic) bond motifs is 1. The van der Waals surface area contributed by atoms with Gasteiger partial charge in [-0.2, -0.15) is 4.68 Å². The van der Waals surface area contributed by atoms with Crippen LogP contribution in [0.2, 0.25) is 0 Å². The number of esters is 1. The summed E-state index contributed by atoms with van der Waals surface area (Å²) in [7, 11) is 1.34. The number of carbonyl (C=O) groups is 1. The van der Waals surface area contributed by atoms with Gasteiger partial charge in [0.15, 0.2) is 22.8 Å². The fourth-order valence-corrected chi connectivity index (χ4v) is 3.63. The predicted octanol–water partition coefficient (Wildman–Crippen LogP) is 2.21. The molecule has 0 bridgehead atoms. The lowest BCUT2D eigenvalue weighted by Gasteiger charge is -2.27. The van der Waals surface area contributed by atoms with Crippen molar-refractivity contribution in [3.63, 3.8) is 0 Å². The van der Waals surface area contributed by atoms with Crippen molar-refractivity contribution in [1.29, 1.82) is 0 Å². The largest absolute Gasteiger partial charge is 0.508 e. The summed E-state index contributed by atoms with van der Waals surface area (Å²) >= 11 is 0. The molecule has 2 aromatic heterocycles. The maximum Gasteiger partial charge on any atom is 0.337 e. The van der Waals surface area contributed by atoms with Crippen LogP contribution in [0.1, 0.15) is 10.4 Å². The van der Waals surface area contributed by atoms with Gasteiger partial charge in [0.25, 0.3) is 0 Å². The second kappa shape index (κ2) is 8.23. The summed E-state index contributed by atoms with van der Waals surface area (Å²) in [6, 6.07) is 13.7. The summed E-state index contributed by atoms with van der Waals surface area (Å²) in [5, 5.41) is 18.6. The average molecular weight is 432 g/mol. The zero-order chi connectivity index (χ0) is 22.1. The number of rotatable bonds is 4. The van der Waals surface area contributed by atoms with Crippen LogP contribution in [0.5, 0.6) is 5.75 Å². The number of aromatic hydroxyl groups is 1. The molecule has 1 saturated heterocycles. The molecule has 0 saturated carbocycles. The quantitative estimate of drug-likeness (QED) is 0.485. The number of hydrogen-bond donors (Lipinski definition) is 1. The minimum absolute atomic E-state index is 0.122. The summed E-state index contributed by atoms with van der Waals surface area (Å²) in [6.07, 6.45) is 0. The normalized spacial score (nSPS) is 14.0. The molecule has 10 heteroatoms. The highest BCUT2D eigenvalue weighted by atomic mass is 16.5. The highest BCUT2D eigenvalue weighted by molar-refractivity contribution is 5.90. The number of hydrogen-bond acceptors (Lipinski definition) is 9. The second-order valence-corrected chi connectivity index (χ2v) is 7.24. The first kappa shape index (κ1) is 19.9. The molecule has 1 aliphatic heterocycles. The average Bonchev–Trinajstić information content (AvgIpc) is 3.27. The van der Waals surface area contributed by atoms with Gasteiger partial charge >= 0.3 is 5.97 Å². The molecule has 1 aliphatic rings. The second-order valence-electron chi connectivity index (χ2n) is 7.24. The van der Waals surface area contributed by atoms with E-state index in [1.165, 1.54) is 7.11 Å². The number of benzene rings is 2. The molecule has 0 amide bonds. The Labute approximate surface area is 183 Å². The van der Waals surface area contributed by atoms with Crippen molar-refractivity contribution in [1.82, 2.24) is 25.0 Å². The highest BCUT2D eigenvalue weighted by Crippen LogP contribution is 2.29. The first-order valence-electron chi connectivity index (χ1n) is 10.1. The zero-order valence-electron chi connectivity index (χ0n) is 17.3. The van der Waals surface area contributed by atoms with E-state index in [1.54, 1.807) is 41.1 Å². The Bertz CT molecular complexity index is 1300. The predicted molar refractivity (Wildman–Crippen MR) is 116 cm³/mol. The Hall–Kier alpha value is -4.05. The van der Waals surface area contributed by atoms with Gasteiger partial charge in [0.2, 0.25) is 0 Å². The van der Waals surface area contributed by atoms with Gasteiger partial charge < -0.3 is 19.5 Å². The van der Waals surface area contributed by atoms with Crippen LogP contribution in [0, 0.1) is 0 Å². The molecule has 0 atom stereocenters. The lowest BCUT2D eigenvalue weighted by atomic mass is 10.2. The van der Waals surface area contributed by atoms with Crippen molar-refractivity contribution in [3.8, 4) is 22.8 Å². The highest BCUT2D eigenvalue weighted by Gasteiger charge is 2.23. The van der Waals surface area contributed by atoms with Crippen LogP contribution in [0.25, 0.3) is 28.2 Å². The van der Waals surface area contributed by atoms with Crippen molar-refractivity contribution in [2.45, 2.75) is 0 Å². The van der Waals surface area contributed by atoms with Gasteiger partial charge in [0.1, 0.15) is 5.75 Å². The smallest absolute Gasteiger partial charge is 0.337 e. The molecular weight excluding hydrogens is 412 g/mol. The number of aromatic nitrogens is 5. The van der Waals surface area contributed by atoms with Crippen molar-refractivity contribution in [2.24, 2.45) is 0 Å². The van der Waals surface area contributed by atoms with E-state index in [0.717, 1.165) is 0 Å².